The Balaban J connectivity index is 2.28. The summed E-state index contributed by atoms with van der Waals surface area (Å²) in [7, 11) is 0. The number of halogens is 2. The van der Waals surface area contributed by atoms with Crippen LogP contribution in [0.25, 0.3) is 0 Å². The summed E-state index contributed by atoms with van der Waals surface area (Å²) in [6.45, 7) is 3.05. The van der Waals surface area contributed by atoms with Crippen molar-refractivity contribution in [3.05, 3.63) is 44.5 Å². The van der Waals surface area contributed by atoms with Crippen molar-refractivity contribution in [1.29, 1.82) is 0 Å². The highest BCUT2D eigenvalue weighted by molar-refractivity contribution is 7.16. The Morgan fingerprint density at radius 2 is 2.18 bits per heavy atom. The molecule has 0 aliphatic heterocycles. The molecule has 0 aromatic carbocycles. The maximum Gasteiger partial charge on any atom is 0.198 e. The van der Waals surface area contributed by atoms with E-state index >= 15 is 0 Å². The summed E-state index contributed by atoms with van der Waals surface area (Å²) in [6, 6.07) is 5.86. The van der Waals surface area contributed by atoms with Gasteiger partial charge in [0.25, 0.3) is 0 Å². The second kappa shape index (κ2) is 5.91. The van der Waals surface area contributed by atoms with Crippen LogP contribution in [0.4, 0.5) is 0 Å². The molecule has 1 atom stereocenters. The van der Waals surface area contributed by atoms with Gasteiger partial charge >= 0.3 is 0 Å². The first kappa shape index (κ1) is 13.0. The number of furan rings is 1. The van der Waals surface area contributed by atoms with Gasteiger partial charge < -0.3 is 9.73 Å². The topological polar surface area (TPSA) is 25.2 Å². The minimum absolute atomic E-state index is 0.0544. The van der Waals surface area contributed by atoms with E-state index in [1.807, 2.05) is 18.2 Å². The van der Waals surface area contributed by atoms with E-state index in [0.29, 0.717) is 5.22 Å². The minimum Gasteiger partial charge on any atom is -0.453 e. The predicted octanol–water partition coefficient (Wildman–Crippen LogP) is 4.74. The largest absolute Gasteiger partial charge is 0.453 e. The zero-order chi connectivity index (χ0) is 12.3. The number of thiophene rings is 1. The summed E-state index contributed by atoms with van der Waals surface area (Å²) < 4.78 is 5.93. The van der Waals surface area contributed by atoms with Crippen LogP contribution < -0.4 is 5.32 Å². The summed E-state index contributed by atoms with van der Waals surface area (Å²) in [5.74, 6) is 0. The molecule has 0 aliphatic carbocycles. The Morgan fingerprint density at radius 3 is 2.71 bits per heavy atom. The maximum atomic E-state index is 6.04. The van der Waals surface area contributed by atoms with Crippen LogP contribution in [-0.2, 0) is 0 Å². The van der Waals surface area contributed by atoms with Gasteiger partial charge in [-0.25, -0.2) is 0 Å². The van der Waals surface area contributed by atoms with Crippen LogP contribution in [0.1, 0.15) is 29.8 Å². The molecule has 0 spiro atoms. The SMILES string of the molecule is CCCNC(c1ccc(Cl)s1)c1ccoc1Cl. The number of nitrogens with one attached hydrogen (secondary N) is 1. The first-order valence-electron chi connectivity index (χ1n) is 5.44. The normalized spacial score (nSPS) is 12.9. The van der Waals surface area contributed by atoms with Crippen LogP contribution in [0.2, 0.25) is 9.56 Å². The van der Waals surface area contributed by atoms with Crippen molar-refractivity contribution in [3.8, 4) is 0 Å². The monoisotopic (exact) mass is 289 g/mol. The second-order valence-corrected chi connectivity index (χ2v) is 5.77. The molecule has 0 bridgehead atoms. The molecule has 2 heterocycles. The van der Waals surface area contributed by atoms with E-state index < -0.39 is 0 Å². The highest BCUT2D eigenvalue weighted by atomic mass is 35.5. The van der Waals surface area contributed by atoms with Crippen molar-refractivity contribution in [3.63, 3.8) is 0 Å². The summed E-state index contributed by atoms with van der Waals surface area (Å²) in [5.41, 5.74) is 0.957. The van der Waals surface area contributed by atoms with Crippen molar-refractivity contribution in [1.82, 2.24) is 5.32 Å². The Morgan fingerprint density at radius 1 is 1.35 bits per heavy atom. The Bertz CT molecular complexity index is 480. The lowest BCUT2D eigenvalue weighted by atomic mass is 10.1. The molecule has 5 heteroatoms. The van der Waals surface area contributed by atoms with Gasteiger partial charge in [0.1, 0.15) is 0 Å². The lowest BCUT2D eigenvalue weighted by molar-refractivity contribution is 0.552. The number of rotatable bonds is 5. The fraction of sp³-hybridized carbons (Fsp3) is 0.333. The molecule has 1 N–H and O–H groups in total. The Hall–Kier alpha value is -0.480. The zero-order valence-corrected chi connectivity index (χ0v) is 11.7. The summed E-state index contributed by atoms with van der Waals surface area (Å²) in [6.07, 6.45) is 2.67. The quantitative estimate of drug-likeness (QED) is 0.860. The van der Waals surface area contributed by atoms with Crippen LogP contribution in [-0.4, -0.2) is 6.54 Å². The molecule has 0 aliphatic rings. The molecule has 92 valence electrons. The molecular formula is C12H13Cl2NOS. The Labute approximate surface area is 115 Å². The van der Waals surface area contributed by atoms with Crippen LogP contribution >= 0.6 is 34.5 Å². The van der Waals surface area contributed by atoms with Gasteiger partial charge in [0.05, 0.1) is 16.6 Å². The molecule has 0 saturated heterocycles. The third-order valence-corrected chi connectivity index (χ3v) is 4.04. The summed E-state index contributed by atoms with van der Waals surface area (Å²) in [4.78, 5) is 1.15. The van der Waals surface area contributed by atoms with Crippen molar-refractivity contribution in [2.45, 2.75) is 19.4 Å². The fourth-order valence-electron chi connectivity index (χ4n) is 1.65. The third-order valence-electron chi connectivity index (χ3n) is 2.43. The van der Waals surface area contributed by atoms with E-state index in [-0.39, 0.29) is 6.04 Å². The first-order chi connectivity index (χ1) is 8.22. The predicted molar refractivity (Wildman–Crippen MR) is 73.2 cm³/mol. The lowest BCUT2D eigenvalue weighted by Crippen LogP contribution is -2.22. The summed E-state index contributed by atoms with van der Waals surface area (Å²) >= 11 is 13.6. The average molecular weight is 290 g/mol. The maximum absolute atomic E-state index is 6.04. The standard InChI is InChI=1S/C12H13Cl2NOS/c1-2-6-15-11(8-5-7-16-12(8)14)9-3-4-10(13)17-9/h3-5,7,11,15H,2,6H2,1H3. The highest BCUT2D eigenvalue weighted by Gasteiger charge is 2.19. The molecule has 1 unspecified atom stereocenters. The van der Waals surface area contributed by atoms with Gasteiger partial charge in [0.2, 0.25) is 0 Å². The van der Waals surface area contributed by atoms with Crippen molar-refractivity contribution >= 4 is 34.5 Å². The fourth-order valence-corrected chi connectivity index (χ4v) is 3.03. The van der Waals surface area contributed by atoms with Gasteiger partial charge in [-0.15, -0.1) is 11.3 Å². The molecule has 0 amide bonds. The smallest absolute Gasteiger partial charge is 0.198 e. The lowest BCUT2D eigenvalue weighted by Gasteiger charge is -2.15. The van der Waals surface area contributed by atoms with E-state index in [0.717, 1.165) is 27.7 Å². The average Bonchev–Trinajstić information content (AvgIpc) is 2.90. The molecule has 0 fully saturated rings. The summed E-state index contributed by atoms with van der Waals surface area (Å²) in [5, 5.41) is 3.88. The van der Waals surface area contributed by atoms with Crippen LogP contribution in [0.15, 0.2) is 28.9 Å². The van der Waals surface area contributed by atoms with Crippen LogP contribution in [0.3, 0.4) is 0 Å². The molecule has 0 radical (unpaired) electrons. The first-order valence-corrected chi connectivity index (χ1v) is 7.01. The van der Waals surface area contributed by atoms with E-state index in [4.69, 9.17) is 27.6 Å². The molecule has 0 saturated carbocycles. The zero-order valence-electron chi connectivity index (χ0n) is 9.37. The molecular weight excluding hydrogens is 277 g/mol. The van der Waals surface area contributed by atoms with Gasteiger partial charge in [-0.05, 0) is 42.8 Å². The molecule has 2 rings (SSSR count). The second-order valence-electron chi connectivity index (χ2n) is 3.68. The molecule has 17 heavy (non-hydrogen) atoms. The van der Waals surface area contributed by atoms with Gasteiger partial charge in [0, 0.05) is 10.4 Å². The Kier molecular flexibility index (Phi) is 4.51. The van der Waals surface area contributed by atoms with E-state index in [1.165, 1.54) is 0 Å². The molecule has 2 aromatic rings. The van der Waals surface area contributed by atoms with Crippen LogP contribution in [0, 0.1) is 0 Å². The minimum atomic E-state index is 0.0544. The van der Waals surface area contributed by atoms with Crippen molar-refractivity contribution < 1.29 is 4.42 Å². The highest BCUT2D eigenvalue weighted by Crippen LogP contribution is 2.34. The molecule has 2 aromatic heterocycles. The van der Waals surface area contributed by atoms with Gasteiger partial charge in [-0.1, -0.05) is 18.5 Å². The number of hydrogen-bond donors (Lipinski definition) is 1. The van der Waals surface area contributed by atoms with Gasteiger partial charge in [-0.2, -0.15) is 0 Å². The van der Waals surface area contributed by atoms with E-state index in [2.05, 4.69) is 12.2 Å². The van der Waals surface area contributed by atoms with Gasteiger partial charge in [-0.3, -0.25) is 0 Å². The molecule has 2 nitrogen and oxygen atoms in total. The van der Waals surface area contributed by atoms with Crippen molar-refractivity contribution in [2.75, 3.05) is 6.54 Å². The van der Waals surface area contributed by atoms with Crippen LogP contribution in [0.5, 0.6) is 0 Å². The van der Waals surface area contributed by atoms with Crippen molar-refractivity contribution in [2.24, 2.45) is 0 Å². The van der Waals surface area contributed by atoms with Gasteiger partial charge in [0.15, 0.2) is 5.22 Å². The van der Waals surface area contributed by atoms with E-state index in [9.17, 15) is 0 Å². The third kappa shape index (κ3) is 3.05. The number of hydrogen-bond acceptors (Lipinski definition) is 3. The van der Waals surface area contributed by atoms with E-state index in [1.54, 1.807) is 17.6 Å².